The van der Waals surface area contributed by atoms with Crippen molar-refractivity contribution in [1.29, 1.82) is 0 Å². The predicted molar refractivity (Wildman–Crippen MR) is 132 cm³/mol. The Morgan fingerprint density at radius 2 is 0.885 bits per heavy atom. The first-order valence-corrected chi connectivity index (χ1v) is 10.7. The average molecular weight is 562 g/mol. The number of hydrogen-bond donors (Lipinski definition) is 0. The third kappa shape index (κ3) is 5.30. The lowest BCUT2D eigenvalue weighted by atomic mass is 10.0. The molecule has 0 unspecified atom stereocenters. The van der Waals surface area contributed by atoms with E-state index in [2.05, 4.69) is 144 Å². The molecular weight excluding hydrogens is 542 g/mol. The highest BCUT2D eigenvalue weighted by atomic mass is 127. The van der Waals surface area contributed by atoms with Gasteiger partial charge in [-0.25, -0.2) is 0 Å². The van der Waals surface area contributed by atoms with E-state index in [1.54, 1.807) is 0 Å². The molecule has 26 heavy (non-hydrogen) atoms. The Morgan fingerprint density at radius 3 is 1.23 bits per heavy atom. The van der Waals surface area contributed by atoms with Gasteiger partial charge in [-0.05, 0) is 93.4 Å². The predicted octanol–water partition coefficient (Wildman–Crippen LogP) is 7.85. The van der Waals surface area contributed by atoms with E-state index in [0.29, 0.717) is 0 Å². The van der Waals surface area contributed by atoms with E-state index in [1.807, 2.05) is 0 Å². The molecule has 0 aliphatic rings. The van der Waals surface area contributed by atoms with Crippen LogP contribution in [0.1, 0.15) is 33.4 Å². The summed E-state index contributed by atoms with van der Waals surface area (Å²) in [6.07, 6.45) is 8.78. The summed E-state index contributed by atoms with van der Waals surface area (Å²) in [6, 6.07) is 21.7. The van der Waals surface area contributed by atoms with Crippen molar-refractivity contribution in [3.63, 3.8) is 0 Å². The van der Waals surface area contributed by atoms with Crippen molar-refractivity contribution in [3.8, 4) is 0 Å². The van der Waals surface area contributed by atoms with Crippen LogP contribution in [-0.4, -0.2) is 0 Å². The van der Waals surface area contributed by atoms with Crippen LogP contribution in [0, 0.1) is 21.0 Å². The van der Waals surface area contributed by atoms with E-state index in [9.17, 15) is 0 Å². The minimum absolute atomic E-state index is 1.22. The molecule has 2 heteroatoms. The van der Waals surface area contributed by atoms with Crippen LogP contribution in [0.5, 0.6) is 0 Å². The number of hydrogen-bond acceptors (Lipinski definition) is 0. The van der Waals surface area contributed by atoms with Gasteiger partial charge in [-0.2, -0.15) is 0 Å². The van der Waals surface area contributed by atoms with Crippen molar-refractivity contribution in [2.45, 2.75) is 13.8 Å². The zero-order valence-electron chi connectivity index (χ0n) is 14.8. The Morgan fingerprint density at radius 1 is 0.538 bits per heavy atom. The zero-order chi connectivity index (χ0) is 18.5. The summed E-state index contributed by atoms with van der Waals surface area (Å²) in [7, 11) is 0. The Bertz CT molecular complexity index is 866. The van der Waals surface area contributed by atoms with Crippen LogP contribution < -0.4 is 0 Å². The maximum atomic E-state index is 2.40. The summed E-state index contributed by atoms with van der Waals surface area (Å²) in [5.74, 6) is 0. The van der Waals surface area contributed by atoms with E-state index >= 15 is 0 Å². The highest BCUT2D eigenvalue weighted by molar-refractivity contribution is 14.1. The third-order valence-electron chi connectivity index (χ3n) is 4.19. The summed E-state index contributed by atoms with van der Waals surface area (Å²) in [5, 5.41) is 0. The Kier molecular flexibility index (Phi) is 6.70. The second kappa shape index (κ2) is 9.00. The fourth-order valence-corrected chi connectivity index (χ4v) is 3.58. The van der Waals surface area contributed by atoms with Gasteiger partial charge >= 0.3 is 0 Å². The molecule has 0 aromatic heterocycles. The van der Waals surface area contributed by atoms with Gasteiger partial charge in [0.1, 0.15) is 0 Å². The van der Waals surface area contributed by atoms with E-state index in [0.717, 1.165) is 0 Å². The molecule has 0 saturated carbocycles. The largest absolute Gasteiger partial charge is 0.0587 e. The summed E-state index contributed by atoms with van der Waals surface area (Å²) < 4.78 is 2.55. The smallest absolute Gasteiger partial charge is 0.0270 e. The summed E-state index contributed by atoms with van der Waals surface area (Å²) in [4.78, 5) is 0. The lowest BCUT2D eigenvalue weighted by Crippen LogP contribution is -1.87. The van der Waals surface area contributed by atoms with Gasteiger partial charge in [-0.15, -0.1) is 0 Å². The molecule has 0 aliphatic carbocycles. The highest BCUT2D eigenvalue weighted by Gasteiger charge is 2.03. The third-order valence-corrected chi connectivity index (χ3v) is 7.01. The summed E-state index contributed by atoms with van der Waals surface area (Å²) in [5.41, 5.74) is 7.48. The monoisotopic (exact) mass is 562 g/mol. The molecule has 0 atom stereocenters. The molecule has 0 bridgehead atoms. The van der Waals surface area contributed by atoms with Crippen molar-refractivity contribution in [3.05, 3.63) is 101 Å². The molecule has 3 aromatic rings. The van der Waals surface area contributed by atoms with Gasteiger partial charge in [0.25, 0.3) is 0 Å². The molecule has 3 rings (SSSR count). The normalized spacial score (nSPS) is 11.5. The van der Waals surface area contributed by atoms with Gasteiger partial charge < -0.3 is 0 Å². The molecule has 0 nitrogen and oxygen atoms in total. The van der Waals surface area contributed by atoms with Crippen molar-refractivity contribution < 1.29 is 0 Å². The van der Waals surface area contributed by atoms with Crippen LogP contribution in [0.25, 0.3) is 24.3 Å². The standard InChI is InChI=1S/C24H20I2/c1-17-3-7-19(8-4-17)11-13-21-15-23(25)24(26)16-22(21)14-12-20-9-5-18(2)6-10-20/h3-16H,1-2H3/b13-11+,14-12+. The molecule has 0 N–H and O–H groups in total. The van der Waals surface area contributed by atoms with Crippen molar-refractivity contribution >= 4 is 69.5 Å². The number of aryl methyl sites for hydroxylation is 2. The molecule has 0 radical (unpaired) electrons. The van der Waals surface area contributed by atoms with Crippen LogP contribution in [-0.2, 0) is 0 Å². The van der Waals surface area contributed by atoms with E-state index in [4.69, 9.17) is 0 Å². The maximum Gasteiger partial charge on any atom is 0.0270 e. The molecule has 0 fully saturated rings. The molecule has 0 spiro atoms. The van der Waals surface area contributed by atoms with Crippen LogP contribution in [0.4, 0.5) is 0 Å². The van der Waals surface area contributed by atoms with Gasteiger partial charge in [0.15, 0.2) is 0 Å². The molecule has 130 valence electrons. The van der Waals surface area contributed by atoms with Crippen LogP contribution >= 0.6 is 45.2 Å². The molecule has 0 heterocycles. The van der Waals surface area contributed by atoms with Gasteiger partial charge in [-0.3, -0.25) is 0 Å². The number of benzene rings is 3. The van der Waals surface area contributed by atoms with E-state index < -0.39 is 0 Å². The first kappa shape index (κ1) is 19.4. The van der Waals surface area contributed by atoms with Gasteiger partial charge in [0, 0.05) is 7.14 Å². The maximum absolute atomic E-state index is 2.40. The topological polar surface area (TPSA) is 0 Å². The molecule has 3 aromatic carbocycles. The molecular formula is C24H20I2. The van der Waals surface area contributed by atoms with Gasteiger partial charge in [-0.1, -0.05) is 84.0 Å². The Hall–Kier alpha value is -1.40. The quantitative estimate of drug-likeness (QED) is 0.225. The van der Waals surface area contributed by atoms with Crippen LogP contribution in [0.15, 0.2) is 60.7 Å². The molecule has 0 saturated heterocycles. The van der Waals surface area contributed by atoms with Gasteiger partial charge in [0.2, 0.25) is 0 Å². The second-order valence-electron chi connectivity index (χ2n) is 6.38. The fraction of sp³-hybridized carbons (Fsp3) is 0.0833. The van der Waals surface area contributed by atoms with E-state index in [-0.39, 0.29) is 0 Å². The van der Waals surface area contributed by atoms with E-state index in [1.165, 1.54) is 40.5 Å². The highest BCUT2D eigenvalue weighted by Crippen LogP contribution is 2.24. The average Bonchev–Trinajstić information content (AvgIpc) is 2.64. The first-order valence-electron chi connectivity index (χ1n) is 8.50. The Balaban J connectivity index is 1.92. The Labute approximate surface area is 183 Å². The van der Waals surface area contributed by atoms with Gasteiger partial charge in [0.05, 0.1) is 0 Å². The fourth-order valence-electron chi connectivity index (χ4n) is 2.59. The van der Waals surface area contributed by atoms with Crippen molar-refractivity contribution in [2.75, 3.05) is 0 Å². The van der Waals surface area contributed by atoms with Crippen molar-refractivity contribution in [2.24, 2.45) is 0 Å². The van der Waals surface area contributed by atoms with Crippen molar-refractivity contribution in [1.82, 2.24) is 0 Å². The van der Waals surface area contributed by atoms with Crippen LogP contribution in [0.3, 0.4) is 0 Å². The summed E-state index contributed by atoms with van der Waals surface area (Å²) >= 11 is 4.81. The SMILES string of the molecule is Cc1ccc(/C=C/c2cc(I)c(I)cc2/C=C/c2ccc(C)cc2)cc1. The zero-order valence-corrected chi connectivity index (χ0v) is 19.2. The molecule has 0 aliphatic heterocycles. The minimum Gasteiger partial charge on any atom is -0.0587 e. The number of rotatable bonds is 4. The van der Waals surface area contributed by atoms with Crippen LogP contribution in [0.2, 0.25) is 0 Å². The first-order chi connectivity index (χ1) is 12.5. The molecule has 0 amide bonds. The summed E-state index contributed by atoms with van der Waals surface area (Å²) in [6.45, 7) is 4.23. The number of halogens is 2. The second-order valence-corrected chi connectivity index (χ2v) is 8.71. The minimum atomic E-state index is 1.22. The lowest BCUT2D eigenvalue weighted by Gasteiger charge is -2.06. The lowest BCUT2D eigenvalue weighted by molar-refractivity contribution is 1.46.